The van der Waals surface area contributed by atoms with Crippen LogP contribution in [-0.2, 0) is 0 Å². The second-order valence-corrected chi connectivity index (χ2v) is 8.03. The molecule has 1 nitrogen and oxygen atoms in total. The summed E-state index contributed by atoms with van der Waals surface area (Å²) in [6, 6.07) is 13.8. The summed E-state index contributed by atoms with van der Waals surface area (Å²) in [4.78, 5) is 1.45. The Hall–Kier alpha value is -1.12. The first kappa shape index (κ1) is 16.3. The lowest BCUT2D eigenvalue weighted by Crippen LogP contribution is -2.28. The molecule has 1 aromatic carbocycles. The van der Waals surface area contributed by atoms with Gasteiger partial charge >= 0.3 is 0 Å². The van der Waals surface area contributed by atoms with Gasteiger partial charge in [0, 0.05) is 17.0 Å². The van der Waals surface area contributed by atoms with Crippen molar-refractivity contribution in [3.63, 3.8) is 0 Å². The zero-order valence-electron chi connectivity index (χ0n) is 13.8. The number of thiophene rings is 1. The summed E-state index contributed by atoms with van der Waals surface area (Å²) in [5, 5.41) is 6.03. The Balaban J connectivity index is 2.18. The maximum absolute atomic E-state index is 3.84. The van der Waals surface area contributed by atoms with Gasteiger partial charge in [0.1, 0.15) is 0 Å². The fourth-order valence-corrected chi connectivity index (χ4v) is 3.72. The van der Waals surface area contributed by atoms with Crippen molar-refractivity contribution in [3.05, 3.63) is 57.8 Å². The Morgan fingerprint density at radius 2 is 1.76 bits per heavy atom. The third kappa shape index (κ3) is 4.69. The summed E-state index contributed by atoms with van der Waals surface area (Å²) in [5.41, 5.74) is 3.08. The van der Waals surface area contributed by atoms with E-state index in [2.05, 4.69) is 81.7 Å². The molecule has 0 aliphatic heterocycles. The Labute approximate surface area is 133 Å². The fraction of sp³-hybridized carbons (Fsp3) is 0.474. The predicted molar refractivity (Wildman–Crippen MR) is 93.9 cm³/mol. The summed E-state index contributed by atoms with van der Waals surface area (Å²) < 4.78 is 0. The average Bonchev–Trinajstić information content (AvgIpc) is 2.84. The van der Waals surface area contributed by atoms with Crippen molar-refractivity contribution in [1.82, 2.24) is 5.32 Å². The van der Waals surface area contributed by atoms with Crippen LogP contribution < -0.4 is 5.32 Å². The van der Waals surface area contributed by atoms with Gasteiger partial charge in [-0.2, -0.15) is 0 Å². The highest BCUT2D eigenvalue weighted by Gasteiger charge is 2.22. The molecule has 0 amide bonds. The normalized spacial score (nSPS) is 14.9. The molecular formula is C19H27NS. The van der Waals surface area contributed by atoms with Crippen LogP contribution in [0.3, 0.4) is 0 Å². The number of nitrogens with one attached hydrogen (secondary N) is 1. The summed E-state index contributed by atoms with van der Waals surface area (Å²) in [7, 11) is 0. The van der Waals surface area contributed by atoms with Crippen LogP contribution >= 0.6 is 11.3 Å². The van der Waals surface area contributed by atoms with Gasteiger partial charge in [0.2, 0.25) is 0 Å². The van der Waals surface area contributed by atoms with Crippen LogP contribution in [0.5, 0.6) is 0 Å². The third-order valence-electron chi connectivity index (χ3n) is 3.76. The quantitative estimate of drug-likeness (QED) is 0.726. The van der Waals surface area contributed by atoms with Crippen LogP contribution in [0.4, 0.5) is 0 Å². The van der Waals surface area contributed by atoms with Gasteiger partial charge in [-0.05, 0) is 48.3 Å². The van der Waals surface area contributed by atoms with Crippen molar-refractivity contribution >= 4 is 11.3 Å². The van der Waals surface area contributed by atoms with Crippen molar-refractivity contribution in [2.45, 2.75) is 53.1 Å². The molecule has 0 saturated carbocycles. The Morgan fingerprint density at radius 3 is 2.29 bits per heavy atom. The first-order valence-corrected chi connectivity index (χ1v) is 8.60. The molecule has 0 bridgehead atoms. The minimum Gasteiger partial charge on any atom is -0.303 e. The van der Waals surface area contributed by atoms with E-state index in [1.807, 2.05) is 11.3 Å². The molecule has 114 valence electrons. The molecule has 1 heterocycles. The molecule has 0 saturated heterocycles. The molecule has 1 N–H and O–H groups in total. The first-order valence-electron chi connectivity index (χ1n) is 7.72. The lowest BCUT2D eigenvalue weighted by atomic mass is 9.85. The van der Waals surface area contributed by atoms with Crippen molar-refractivity contribution < 1.29 is 0 Å². The molecule has 2 atom stereocenters. The first-order chi connectivity index (χ1) is 9.87. The summed E-state index contributed by atoms with van der Waals surface area (Å²) in [6.07, 6.45) is 1.13. The molecule has 2 unspecified atom stereocenters. The topological polar surface area (TPSA) is 12.0 Å². The number of hydrogen-bond donors (Lipinski definition) is 1. The van der Waals surface area contributed by atoms with Crippen LogP contribution in [0.2, 0.25) is 0 Å². The molecular weight excluding hydrogens is 274 g/mol. The SMILES string of the molecule is Cc1ccsc1C(C)NC(CC(C)(C)C)c1ccccc1. The molecule has 2 rings (SSSR count). The molecule has 21 heavy (non-hydrogen) atoms. The zero-order valence-corrected chi connectivity index (χ0v) is 14.6. The molecule has 1 aromatic heterocycles. The average molecular weight is 301 g/mol. The van der Waals surface area contributed by atoms with Gasteiger partial charge in [-0.15, -0.1) is 11.3 Å². The maximum Gasteiger partial charge on any atom is 0.0393 e. The molecule has 2 aromatic rings. The lowest BCUT2D eigenvalue weighted by Gasteiger charge is -2.30. The van der Waals surface area contributed by atoms with Gasteiger partial charge in [-0.1, -0.05) is 51.1 Å². The van der Waals surface area contributed by atoms with E-state index in [0.29, 0.717) is 17.5 Å². The monoisotopic (exact) mass is 301 g/mol. The molecule has 2 heteroatoms. The Kier molecular flexibility index (Phi) is 5.23. The van der Waals surface area contributed by atoms with E-state index < -0.39 is 0 Å². The minimum absolute atomic E-state index is 0.303. The van der Waals surface area contributed by atoms with E-state index in [0.717, 1.165) is 6.42 Å². The number of benzene rings is 1. The maximum atomic E-state index is 3.84. The van der Waals surface area contributed by atoms with Crippen molar-refractivity contribution in [2.24, 2.45) is 5.41 Å². The molecule has 0 radical (unpaired) electrons. The molecule has 0 aliphatic carbocycles. The van der Waals surface area contributed by atoms with E-state index >= 15 is 0 Å². The van der Waals surface area contributed by atoms with E-state index in [4.69, 9.17) is 0 Å². The smallest absolute Gasteiger partial charge is 0.0393 e. The second-order valence-electron chi connectivity index (χ2n) is 7.08. The van der Waals surface area contributed by atoms with E-state index in [1.54, 1.807) is 0 Å². The van der Waals surface area contributed by atoms with Gasteiger partial charge < -0.3 is 5.32 Å². The summed E-state index contributed by atoms with van der Waals surface area (Å²) in [5.74, 6) is 0. The van der Waals surface area contributed by atoms with Crippen molar-refractivity contribution in [2.75, 3.05) is 0 Å². The standard InChI is InChI=1S/C19H27NS/c1-14-11-12-21-18(14)15(2)20-17(13-19(3,4)5)16-9-7-6-8-10-16/h6-12,15,17,20H,13H2,1-5H3. The highest BCUT2D eigenvalue weighted by molar-refractivity contribution is 7.10. The minimum atomic E-state index is 0.303. The third-order valence-corrected chi connectivity index (χ3v) is 4.97. The molecule has 0 spiro atoms. The predicted octanol–water partition coefficient (Wildman–Crippen LogP) is 5.88. The van der Waals surface area contributed by atoms with E-state index in [-0.39, 0.29) is 0 Å². The Morgan fingerprint density at radius 1 is 1.10 bits per heavy atom. The lowest BCUT2D eigenvalue weighted by molar-refractivity contribution is 0.298. The number of rotatable bonds is 5. The summed E-state index contributed by atoms with van der Waals surface area (Å²) >= 11 is 1.85. The van der Waals surface area contributed by atoms with Crippen LogP contribution in [-0.4, -0.2) is 0 Å². The fourth-order valence-electron chi connectivity index (χ4n) is 2.78. The van der Waals surface area contributed by atoms with Crippen LogP contribution in [0.15, 0.2) is 41.8 Å². The highest BCUT2D eigenvalue weighted by atomic mass is 32.1. The largest absolute Gasteiger partial charge is 0.303 e. The van der Waals surface area contributed by atoms with E-state index in [9.17, 15) is 0 Å². The zero-order chi connectivity index (χ0) is 15.5. The van der Waals surface area contributed by atoms with Crippen molar-refractivity contribution in [3.8, 4) is 0 Å². The van der Waals surface area contributed by atoms with Gasteiger partial charge in [0.15, 0.2) is 0 Å². The second kappa shape index (κ2) is 6.76. The Bertz CT molecular complexity index is 550. The van der Waals surface area contributed by atoms with Crippen molar-refractivity contribution in [1.29, 1.82) is 0 Å². The molecule has 0 fully saturated rings. The highest BCUT2D eigenvalue weighted by Crippen LogP contribution is 2.33. The number of aryl methyl sites for hydroxylation is 1. The van der Waals surface area contributed by atoms with Crippen LogP contribution in [0.1, 0.15) is 62.2 Å². The summed E-state index contributed by atoms with van der Waals surface area (Å²) in [6.45, 7) is 11.4. The van der Waals surface area contributed by atoms with Crippen LogP contribution in [0.25, 0.3) is 0 Å². The van der Waals surface area contributed by atoms with Gasteiger partial charge in [-0.25, -0.2) is 0 Å². The van der Waals surface area contributed by atoms with Crippen LogP contribution in [0, 0.1) is 12.3 Å². The number of hydrogen-bond acceptors (Lipinski definition) is 2. The van der Waals surface area contributed by atoms with Gasteiger partial charge in [0.05, 0.1) is 0 Å². The van der Waals surface area contributed by atoms with Gasteiger partial charge in [-0.3, -0.25) is 0 Å². The molecule has 0 aliphatic rings. The van der Waals surface area contributed by atoms with E-state index in [1.165, 1.54) is 16.0 Å². The van der Waals surface area contributed by atoms with Gasteiger partial charge in [0.25, 0.3) is 0 Å².